The van der Waals surface area contributed by atoms with Gasteiger partial charge in [-0.3, -0.25) is 9.63 Å². The minimum Gasteiger partial charge on any atom is -0.272 e. The van der Waals surface area contributed by atoms with Crippen LogP contribution >= 0.6 is 0 Å². The minimum atomic E-state index is 0.111. The maximum Gasteiger partial charge on any atom is 0.251 e. The first-order chi connectivity index (χ1) is 4.79. The van der Waals surface area contributed by atoms with E-state index in [9.17, 15) is 4.79 Å². The molecule has 3 nitrogen and oxygen atoms in total. The van der Waals surface area contributed by atoms with E-state index < -0.39 is 0 Å². The van der Waals surface area contributed by atoms with Crippen LogP contribution < -0.4 is 0 Å². The Morgan fingerprint density at radius 1 is 1.70 bits per heavy atom. The monoisotopic (exact) mass is 143 g/mol. The third-order valence-electron chi connectivity index (χ3n) is 1.81. The molecule has 0 aromatic rings. The molecule has 0 aliphatic carbocycles. The van der Waals surface area contributed by atoms with Gasteiger partial charge in [-0.05, 0) is 13.3 Å². The van der Waals surface area contributed by atoms with Gasteiger partial charge in [-0.1, -0.05) is 6.92 Å². The molecule has 1 saturated heterocycles. The zero-order valence-corrected chi connectivity index (χ0v) is 6.46. The Labute approximate surface area is 60.9 Å². The van der Waals surface area contributed by atoms with Crippen molar-refractivity contribution in [3.8, 4) is 0 Å². The van der Waals surface area contributed by atoms with Crippen molar-refractivity contribution in [1.82, 2.24) is 5.06 Å². The maximum absolute atomic E-state index is 11.2. The molecule has 1 aliphatic rings. The molecule has 1 aliphatic heterocycles. The maximum atomic E-state index is 11.2. The summed E-state index contributed by atoms with van der Waals surface area (Å²) in [5.74, 6) is 0.255. The van der Waals surface area contributed by atoms with Crippen molar-refractivity contribution < 1.29 is 9.63 Å². The van der Waals surface area contributed by atoms with Gasteiger partial charge in [0, 0.05) is 6.54 Å². The number of nitrogens with zero attached hydrogens (tertiary/aromatic N) is 1. The van der Waals surface area contributed by atoms with Crippen molar-refractivity contribution >= 4 is 5.91 Å². The van der Waals surface area contributed by atoms with Crippen LogP contribution in [0, 0.1) is 5.92 Å². The third kappa shape index (κ3) is 1.14. The molecule has 0 bridgehead atoms. The molecule has 1 rings (SSSR count). The predicted molar refractivity (Wildman–Crippen MR) is 37.1 cm³/mol. The first-order valence-corrected chi connectivity index (χ1v) is 3.73. The summed E-state index contributed by atoms with van der Waals surface area (Å²) in [4.78, 5) is 16.3. The lowest BCUT2D eigenvalue weighted by Crippen LogP contribution is -2.25. The van der Waals surface area contributed by atoms with Crippen LogP contribution in [0.1, 0.15) is 20.3 Å². The highest BCUT2D eigenvalue weighted by Crippen LogP contribution is 2.16. The molecule has 1 heterocycles. The number of rotatable bonds is 2. The highest BCUT2D eigenvalue weighted by atomic mass is 16.7. The molecule has 1 unspecified atom stereocenters. The number of amides is 1. The van der Waals surface area contributed by atoms with Crippen molar-refractivity contribution in [3.63, 3.8) is 0 Å². The molecular formula is C7H13NO2. The quantitative estimate of drug-likeness (QED) is 0.572. The van der Waals surface area contributed by atoms with E-state index in [4.69, 9.17) is 4.84 Å². The molecule has 58 valence electrons. The molecule has 3 heteroatoms. The van der Waals surface area contributed by atoms with E-state index in [-0.39, 0.29) is 11.8 Å². The van der Waals surface area contributed by atoms with Crippen LogP contribution in [0.2, 0.25) is 0 Å². The smallest absolute Gasteiger partial charge is 0.251 e. The van der Waals surface area contributed by atoms with Gasteiger partial charge in [-0.25, -0.2) is 5.06 Å². The van der Waals surface area contributed by atoms with Crippen molar-refractivity contribution in [2.24, 2.45) is 5.92 Å². The Kier molecular flexibility index (Phi) is 2.27. The molecular weight excluding hydrogens is 130 g/mol. The fraction of sp³-hybridized carbons (Fsp3) is 0.857. The van der Waals surface area contributed by atoms with Crippen molar-refractivity contribution in [3.05, 3.63) is 0 Å². The van der Waals surface area contributed by atoms with Crippen LogP contribution in [0.15, 0.2) is 0 Å². The Hall–Kier alpha value is -0.570. The summed E-state index contributed by atoms with van der Waals surface area (Å²) >= 11 is 0. The van der Waals surface area contributed by atoms with Gasteiger partial charge in [-0.2, -0.15) is 0 Å². The lowest BCUT2D eigenvalue weighted by Gasteiger charge is -2.09. The topological polar surface area (TPSA) is 29.5 Å². The summed E-state index contributed by atoms with van der Waals surface area (Å²) in [6.07, 6.45) is 0.884. The fourth-order valence-corrected chi connectivity index (χ4v) is 1.06. The first-order valence-electron chi connectivity index (χ1n) is 3.73. The summed E-state index contributed by atoms with van der Waals surface area (Å²) in [6, 6.07) is 0. The van der Waals surface area contributed by atoms with Crippen LogP contribution in [0.5, 0.6) is 0 Å². The van der Waals surface area contributed by atoms with Gasteiger partial charge >= 0.3 is 0 Å². The summed E-state index contributed by atoms with van der Waals surface area (Å²) in [5.41, 5.74) is 0. The Morgan fingerprint density at radius 3 is 2.70 bits per heavy atom. The van der Waals surface area contributed by atoms with Gasteiger partial charge in [0.25, 0.3) is 5.91 Å². The summed E-state index contributed by atoms with van der Waals surface area (Å²) < 4.78 is 0. The van der Waals surface area contributed by atoms with Crippen LogP contribution in [-0.4, -0.2) is 24.1 Å². The number of carbonyl (C=O) groups is 1. The molecule has 0 spiro atoms. The first kappa shape index (κ1) is 7.54. The minimum absolute atomic E-state index is 0.111. The second kappa shape index (κ2) is 3.01. The van der Waals surface area contributed by atoms with E-state index in [1.165, 1.54) is 5.06 Å². The lowest BCUT2D eigenvalue weighted by atomic mass is 10.1. The Balaban J connectivity index is 2.49. The normalized spacial score (nSPS) is 26.0. The van der Waals surface area contributed by atoms with E-state index in [1.54, 1.807) is 0 Å². The predicted octanol–water partition coefficient (Wildman–Crippen LogP) is 0.806. The highest BCUT2D eigenvalue weighted by Gasteiger charge is 2.30. The van der Waals surface area contributed by atoms with Crippen LogP contribution in [-0.2, 0) is 9.63 Å². The van der Waals surface area contributed by atoms with Crippen molar-refractivity contribution in [2.75, 3.05) is 13.2 Å². The molecule has 0 N–H and O–H groups in total. The third-order valence-corrected chi connectivity index (χ3v) is 1.81. The van der Waals surface area contributed by atoms with Crippen LogP contribution in [0.4, 0.5) is 0 Å². The van der Waals surface area contributed by atoms with Crippen LogP contribution in [0.25, 0.3) is 0 Å². The molecule has 0 aromatic carbocycles. The molecule has 1 amide bonds. The van der Waals surface area contributed by atoms with Gasteiger partial charge in [-0.15, -0.1) is 0 Å². The molecule has 0 radical (unpaired) electrons. The number of hydroxylamine groups is 2. The van der Waals surface area contributed by atoms with E-state index >= 15 is 0 Å². The average Bonchev–Trinajstić information content (AvgIpc) is 2.30. The van der Waals surface area contributed by atoms with Crippen molar-refractivity contribution in [1.29, 1.82) is 0 Å². The van der Waals surface area contributed by atoms with Gasteiger partial charge < -0.3 is 0 Å². The zero-order chi connectivity index (χ0) is 7.56. The summed E-state index contributed by atoms with van der Waals surface area (Å²) in [6.45, 7) is 5.15. The fourth-order valence-electron chi connectivity index (χ4n) is 1.06. The Morgan fingerprint density at radius 2 is 2.40 bits per heavy atom. The average molecular weight is 143 g/mol. The Bertz CT molecular complexity index is 122. The molecule has 10 heavy (non-hydrogen) atoms. The number of carbonyl (C=O) groups excluding carboxylic acids is 1. The second-order valence-corrected chi connectivity index (χ2v) is 2.43. The SMILES string of the molecule is CCC1CON(CC)C1=O. The molecule has 0 aromatic heterocycles. The summed E-state index contributed by atoms with van der Waals surface area (Å²) in [7, 11) is 0. The van der Waals surface area contributed by atoms with Gasteiger partial charge in [0.15, 0.2) is 0 Å². The largest absolute Gasteiger partial charge is 0.272 e. The number of hydrogen-bond acceptors (Lipinski definition) is 2. The number of hydrogen-bond donors (Lipinski definition) is 0. The highest BCUT2D eigenvalue weighted by molar-refractivity contribution is 5.79. The zero-order valence-electron chi connectivity index (χ0n) is 6.46. The molecule has 0 saturated carbocycles. The molecule has 1 fully saturated rings. The van der Waals surface area contributed by atoms with Crippen LogP contribution in [0.3, 0.4) is 0 Å². The van der Waals surface area contributed by atoms with E-state index in [1.807, 2.05) is 13.8 Å². The lowest BCUT2D eigenvalue weighted by molar-refractivity contribution is -0.160. The van der Waals surface area contributed by atoms with Gasteiger partial charge in [0.1, 0.15) is 0 Å². The van der Waals surface area contributed by atoms with E-state index in [2.05, 4.69) is 0 Å². The van der Waals surface area contributed by atoms with Crippen molar-refractivity contribution in [2.45, 2.75) is 20.3 Å². The molecule has 1 atom stereocenters. The van der Waals surface area contributed by atoms with E-state index in [0.29, 0.717) is 13.2 Å². The van der Waals surface area contributed by atoms with Gasteiger partial charge in [0.2, 0.25) is 0 Å². The second-order valence-electron chi connectivity index (χ2n) is 2.43. The van der Waals surface area contributed by atoms with Gasteiger partial charge in [0.05, 0.1) is 12.5 Å². The van der Waals surface area contributed by atoms with E-state index in [0.717, 1.165) is 6.42 Å². The standard InChI is InChI=1S/C7H13NO2/c1-3-6-5-10-8(4-2)7(6)9/h6H,3-5H2,1-2H3. The summed E-state index contributed by atoms with van der Waals surface area (Å²) in [5, 5.41) is 1.44.